The van der Waals surface area contributed by atoms with E-state index in [9.17, 15) is 4.79 Å². The summed E-state index contributed by atoms with van der Waals surface area (Å²) in [6, 6.07) is -0.214. The van der Waals surface area contributed by atoms with Crippen LogP contribution in [0.1, 0.15) is 19.8 Å². The van der Waals surface area contributed by atoms with Crippen molar-refractivity contribution in [1.82, 2.24) is 5.32 Å². The molecule has 1 unspecified atom stereocenters. The molecule has 0 radical (unpaired) electrons. The van der Waals surface area contributed by atoms with E-state index in [1.807, 2.05) is 6.92 Å². The maximum absolute atomic E-state index is 11.1. The van der Waals surface area contributed by atoms with E-state index < -0.39 is 0 Å². The predicted molar refractivity (Wildman–Crippen MR) is 56.6 cm³/mol. The molecule has 0 saturated carbocycles. The van der Waals surface area contributed by atoms with Crippen molar-refractivity contribution >= 4 is 5.97 Å². The number of nitrogens with one attached hydrogen (secondary N) is 1. The van der Waals surface area contributed by atoms with Gasteiger partial charge in [0, 0.05) is 7.11 Å². The smallest absolute Gasteiger partial charge is 0.319 e. The summed E-state index contributed by atoms with van der Waals surface area (Å²) < 4.78 is 9.78. The average Bonchev–Trinajstić information content (AvgIpc) is 2.24. The first-order chi connectivity index (χ1) is 7.24. The summed E-state index contributed by atoms with van der Waals surface area (Å²) in [6.07, 6.45) is 1.89. The number of rotatable bonds is 9. The molecule has 0 aromatic heterocycles. The molecule has 0 aliphatic heterocycles. The van der Waals surface area contributed by atoms with Crippen LogP contribution >= 0.6 is 0 Å². The first-order valence-corrected chi connectivity index (χ1v) is 5.23. The van der Waals surface area contributed by atoms with Crippen molar-refractivity contribution in [1.29, 1.82) is 0 Å². The molecule has 0 bridgehead atoms. The highest BCUT2D eigenvalue weighted by Gasteiger charge is 2.09. The molecule has 0 spiro atoms. The first-order valence-electron chi connectivity index (χ1n) is 5.23. The van der Waals surface area contributed by atoms with Crippen molar-refractivity contribution in [2.45, 2.75) is 25.8 Å². The highest BCUT2D eigenvalue weighted by atomic mass is 16.5. The van der Waals surface area contributed by atoms with Crippen LogP contribution in [0, 0.1) is 0 Å². The molecule has 0 aromatic carbocycles. The molecule has 2 N–H and O–H groups in total. The van der Waals surface area contributed by atoms with Gasteiger partial charge in [-0.25, -0.2) is 0 Å². The Morgan fingerprint density at radius 3 is 2.80 bits per heavy atom. The highest BCUT2D eigenvalue weighted by Crippen LogP contribution is 1.89. The number of ether oxygens (including phenoxy) is 2. The minimum Gasteiger partial charge on any atom is -0.465 e. The van der Waals surface area contributed by atoms with E-state index in [0.717, 1.165) is 12.8 Å². The summed E-state index contributed by atoms with van der Waals surface area (Å²) in [5, 5.41) is 11.7. The van der Waals surface area contributed by atoms with E-state index in [0.29, 0.717) is 13.2 Å². The Bertz CT molecular complexity index is 164. The Labute approximate surface area is 90.8 Å². The van der Waals surface area contributed by atoms with Crippen molar-refractivity contribution in [3.8, 4) is 0 Å². The van der Waals surface area contributed by atoms with Crippen LogP contribution in [0.25, 0.3) is 0 Å². The van der Waals surface area contributed by atoms with Gasteiger partial charge in [-0.05, 0) is 6.42 Å². The summed E-state index contributed by atoms with van der Waals surface area (Å²) in [5.74, 6) is -0.294. The van der Waals surface area contributed by atoms with Gasteiger partial charge in [-0.1, -0.05) is 13.3 Å². The number of carbonyl (C=O) groups excluding carboxylic acids is 1. The fourth-order valence-corrected chi connectivity index (χ4v) is 0.986. The normalized spacial score (nSPS) is 12.5. The lowest BCUT2D eigenvalue weighted by atomic mass is 10.3. The van der Waals surface area contributed by atoms with Crippen LogP contribution in [0.3, 0.4) is 0 Å². The maximum atomic E-state index is 11.1. The molecule has 0 saturated heterocycles. The molecule has 0 aromatic rings. The number of methoxy groups -OCH3 is 1. The van der Waals surface area contributed by atoms with Crippen molar-refractivity contribution in [3.05, 3.63) is 0 Å². The number of hydrogen-bond acceptors (Lipinski definition) is 5. The zero-order valence-corrected chi connectivity index (χ0v) is 9.49. The van der Waals surface area contributed by atoms with Crippen LogP contribution in [0.5, 0.6) is 0 Å². The molecule has 0 aliphatic rings. The SMILES string of the molecule is CCCCOC(=O)CNC(CO)COC. The maximum Gasteiger partial charge on any atom is 0.319 e. The zero-order chi connectivity index (χ0) is 11.5. The molecule has 5 nitrogen and oxygen atoms in total. The largest absolute Gasteiger partial charge is 0.465 e. The molecule has 0 aliphatic carbocycles. The van der Waals surface area contributed by atoms with Crippen LogP contribution in [-0.2, 0) is 14.3 Å². The van der Waals surface area contributed by atoms with Crippen molar-refractivity contribution in [2.75, 3.05) is 33.5 Å². The van der Waals surface area contributed by atoms with E-state index >= 15 is 0 Å². The first kappa shape index (κ1) is 14.3. The molecule has 1 atom stereocenters. The van der Waals surface area contributed by atoms with Gasteiger partial charge in [-0.15, -0.1) is 0 Å². The fraction of sp³-hybridized carbons (Fsp3) is 0.900. The van der Waals surface area contributed by atoms with E-state index in [2.05, 4.69) is 5.32 Å². The van der Waals surface area contributed by atoms with Crippen molar-refractivity contribution in [2.24, 2.45) is 0 Å². The van der Waals surface area contributed by atoms with Gasteiger partial charge >= 0.3 is 5.97 Å². The van der Waals surface area contributed by atoms with Crippen molar-refractivity contribution in [3.63, 3.8) is 0 Å². The Morgan fingerprint density at radius 2 is 2.27 bits per heavy atom. The van der Waals surface area contributed by atoms with Crippen LogP contribution in [-0.4, -0.2) is 50.6 Å². The second-order valence-electron chi connectivity index (χ2n) is 3.29. The molecule has 0 rings (SSSR count). The Morgan fingerprint density at radius 1 is 1.53 bits per heavy atom. The number of carbonyl (C=O) groups is 1. The molecule has 15 heavy (non-hydrogen) atoms. The van der Waals surface area contributed by atoms with Gasteiger partial charge in [0.1, 0.15) is 0 Å². The minimum atomic E-state index is -0.294. The lowest BCUT2D eigenvalue weighted by molar-refractivity contribution is -0.142. The molecule has 0 fully saturated rings. The Kier molecular flexibility index (Phi) is 9.46. The van der Waals surface area contributed by atoms with Crippen LogP contribution < -0.4 is 5.32 Å². The summed E-state index contributed by atoms with van der Waals surface area (Å²) in [6.45, 7) is 2.92. The second kappa shape index (κ2) is 9.89. The van der Waals surface area contributed by atoms with Crippen LogP contribution in [0.15, 0.2) is 0 Å². The molecule has 0 heterocycles. The van der Waals surface area contributed by atoms with Gasteiger partial charge in [-0.3, -0.25) is 10.1 Å². The number of unbranched alkanes of at least 4 members (excludes halogenated alkanes) is 1. The van der Waals surface area contributed by atoms with Gasteiger partial charge in [0.2, 0.25) is 0 Å². The van der Waals surface area contributed by atoms with Gasteiger partial charge in [-0.2, -0.15) is 0 Å². The van der Waals surface area contributed by atoms with E-state index in [4.69, 9.17) is 14.6 Å². The predicted octanol–water partition coefficient (Wildman–Crippen LogP) is -0.0734. The van der Waals surface area contributed by atoms with Gasteiger partial charge < -0.3 is 14.6 Å². The zero-order valence-electron chi connectivity index (χ0n) is 9.49. The number of aliphatic hydroxyl groups is 1. The Balaban J connectivity index is 3.50. The lowest BCUT2D eigenvalue weighted by Gasteiger charge is -2.14. The number of aliphatic hydroxyl groups excluding tert-OH is 1. The summed E-state index contributed by atoms with van der Waals surface area (Å²) >= 11 is 0. The minimum absolute atomic E-state index is 0.0594. The van der Waals surface area contributed by atoms with Crippen molar-refractivity contribution < 1.29 is 19.4 Å². The summed E-state index contributed by atoms with van der Waals surface area (Å²) in [4.78, 5) is 11.1. The molecule has 0 amide bonds. The van der Waals surface area contributed by atoms with E-state index in [1.54, 1.807) is 7.11 Å². The van der Waals surface area contributed by atoms with E-state index in [-0.39, 0.29) is 25.2 Å². The molecule has 90 valence electrons. The lowest BCUT2D eigenvalue weighted by Crippen LogP contribution is -2.40. The highest BCUT2D eigenvalue weighted by molar-refractivity contribution is 5.71. The van der Waals surface area contributed by atoms with Crippen LogP contribution in [0.4, 0.5) is 0 Å². The van der Waals surface area contributed by atoms with Gasteiger partial charge in [0.25, 0.3) is 0 Å². The summed E-state index contributed by atoms with van der Waals surface area (Å²) in [7, 11) is 1.55. The van der Waals surface area contributed by atoms with Gasteiger partial charge in [0.15, 0.2) is 0 Å². The Hall–Kier alpha value is -0.650. The molecular weight excluding hydrogens is 198 g/mol. The number of esters is 1. The third-order valence-corrected chi connectivity index (χ3v) is 1.88. The second-order valence-corrected chi connectivity index (χ2v) is 3.29. The third kappa shape index (κ3) is 8.35. The molecular formula is C10H21NO4. The average molecular weight is 219 g/mol. The number of hydrogen-bond donors (Lipinski definition) is 2. The van der Waals surface area contributed by atoms with E-state index in [1.165, 1.54) is 0 Å². The quantitative estimate of drug-likeness (QED) is 0.419. The topological polar surface area (TPSA) is 67.8 Å². The summed E-state index contributed by atoms with van der Waals surface area (Å²) in [5.41, 5.74) is 0. The molecule has 5 heteroatoms. The van der Waals surface area contributed by atoms with Crippen LogP contribution in [0.2, 0.25) is 0 Å². The monoisotopic (exact) mass is 219 g/mol. The van der Waals surface area contributed by atoms with Gasteiger partial charge in [0.05, 0.1) is 32.4 Å². The third-order valence-electron chi connectivity index (χ3n) is 1.88. The fourth-order valence-electron chi connectivity index (χ4n) is 0.986. The standard InChI is InChI=1S/C10H21NO4/c1-3-4-5-15-10(13)6-11-9(7-12)8-14-2/h9,11-12H,3-8H2,1-2H3.